The van der Waals surface area contributed by atoms with Crippen LogP contribution in [0.5, 0.6) is 0 Å². The molecule has 1 N–H and O–H groups in total. The van der Waals surface area contributed by atoms with Gasteiger partial charge in [-0.3, -0.25) is 4.55 Å². The lowest BCUT2D eigenvalue weighted by Gasteiger charge is -2.32. The number of benzene rings is 3. The molecule has 164 valence electrons. The van der Waals surface area contributed by atoms with Crippen molar-refractivity contribution in [2.24, 2.45) is 0 Å². The lowest BCUT2D eigenvalue weighted by atomic mass is 9.83. The molecular weight excluding hydrogens is 404 g/mol. The van der Waals surface area contributed by atoms with Crippen molar-refractivity contribution in [3.8, 4) is 0 Å². The van der Waals surface area contributed by atoms with Crippen LogP contribution in [0.2, 0.25) is 0 Å². The maximum absolute atomic E-state index is 13.1. The molecule has 3 aromatic rings. The summed E-state index contributed by atoms with van der Waals surface area (Å²) in [5, 5.41) is 0. The van der Waals surface area contributed by atoms with E-state index in [1.54, 1.807) is 24.3 Å². The first-order valence-corrected chi connectivity index (χ1v) is 12.6. The molecule has 0 aromatic heterocycles. The lowest BCUT2D eigenvalue weighted by Crippen LogP contribution is -2.38. The molecule has 0 aliphatic rings. The summed E-state index contributed by atoms with van der Waals surface area (Å²) < 4.78 is 35.3. The molecule has 0 heterocycles. The summed E-state index contributed by atoms with van der Waals surface area (Å²) in [6, 6.07) is 24.3. The second kappa shape index (κ2) is 10.3. The van der Waals surface area contributed by atoms with E-state index in [1.165, 1.54) is 0 Å². The van der Waals surface area contributed by atoms with Gasteiger partial charge in [0.2, 0.25) is 0 Å². The molecule has 0 amide bonds. The fourth-order valence-electron chi connectivity index (χ4n) is 4.19. The molecule has 0 radical (unpaired) electrons. The third-order valence-corrected chi connectivity index (χ3v) is 7.41. The Bertz CT molecular complexity index is 1000. The van der Waals surface area contributed by atoms with Crippen molar-refractivity contribution in [2.45, 2.75) is 57.1 Å². The van der Waals surface area contributed by atoms with Crippen LogP contribution in [0.25, 0.3) is 0 Å². The van der Waals surface area contributed by atoms with Crippen LogP contribution in [0, 0.1) is 0 Å². The minimum Gasteiger partial charge on any atom is -0.284 e. The Labute approximate surface area is 186 Å². The highest BCUT2D eigenvalue weighted by molar-refractivity contribution is 7.87. The Hall–Kier alpha value is -2.43. The summed E-state index contributed by atoms with van der Waals surface area (Å²) in [6.45, 7) is 4.30. The Morgan fingerprint density at radius 3 is 1.39 bits per heavy atom. The molecular formula is C27H32O3S. The van der Waals surface area contributed by atoms with Gasteiger partial charge in [0.25, 0.3) is 10.1 Å². The Kier molecular flexibility index (Phi) is 7.69. The van der Waals surface area contributed by atoms with Gasteiger partial charge < -0.3 is 0 Å². The van der Waals surface area contributed by atoms with Gasteiger partial charge in [0.05, 0.1) is 0 Å². The minimum absolute atomic E-state index is 0.528. The van der Waals surface area contributed by atoms with E-state index in [9.17, 15) is 13.0 Å². The Morgan fingerprint density at radius 2 is 1.03 bits per heavy atom. The van der Waals surface area contributed by atoms with E-state index in [0.717, 1.165) is 49.7 Å². The monoisotopic (exact) mass is 436 g/mol. The van der Waals surface area contributed by atoms with Gasteiger partial charge in [-0.25, -0.2) is 0 Å². The van der Waals surface area contributed by atoms with E-state index in [4.69, 9.17) is 0 Å². The van der Waals surface area contributed by atoms with E-state index in [0.29, 0.717) is 16.7 Å². The SMILES string of the molecule is CCCCc1ccc(C(c2ccccc2)(c2ccc(CCCC)cc2)S(=O)(=O)O)cc1. The molecule has 3 aromatic carbocycles. The minimum atomic E-state index is -4.55. The Morgan fingerprint density at radius 1 is 0.645 bits per heavy atom. The summed E-state index contributed by atoms with van der Waals surface area (Å²) in [4.78, 5) is 0. The zero-order valence-electron chi connectivity index (χ0n) is 18.4. The molecule has 0 spiro atoms. The van der Waals surface area contributed by atoms with Gasteiger partial charge in [-0.2, -0.15) is 8.42 Å². The average molecular weight is 437 g/mol. The van der Waals surface area contributed by atoms with Crippen LogP contribution in [0.4, 0.5) is 0 Å². The van der Waals surface area contributed by atoms with Gasteiger partial charge in [0.15, 0.2) is 4.75 Å². The van der Waals surface area contributed by atoms with Crippen LogP contribution in [-0.2, 0) is 27.7 Å². The van der Waals surface area contributed by atoms with Crippen LogP contribution in [0.1, 0.15) is 67.3 Å². The van der Waals surface area contributed by atoms with Crippen molar-refractivity contribution in [2.75, 3.05) is 0 Å². The molecule has 3 rings (SSSR count). The van der Waals surface area contributed by atoms with Gasteiger partial charge in [-0.1, -0.05) is 106 Å². The molecule has 31 heavy (non-hydrogen) atoms. The van der Waals surface area contributed by atoms with Crippen molar-refractivity contribution < 1.29 is 13.0 Å². The number of aryl methyl sites for hydroxylation is 2. The smallest absolute Gasteiger partial charge is 0.283 e. The highest BCUT2D eigenvalue weighted by Crippen LogP contribution is 2.43. The molecule has 0 aliphatic heterocycles. The quantitative estimate of drug-likeness (QED) is 0.289. The number of hydrogen-bond donors (Lipinski definition) is 1. The van der Waals surface area contributed by atoms with Gasteiger partial charge >= 0.3 is 0 Å². The van der Waals surface area contributed by atoms with Crippen molar-refractivity contribution >= 4 is 10.1 Å². The normalized spacial score (nSPS) is 12.1. The lowest BCUT2D eigenvalue weighted by molar-refractivity contribution is 0.459. The summed E-state index contributed by atoms with van der Waals surface area (Å²) >= 11 is 0. The van der Waals surface area contributed by atoms with Crippen molar-refractivity contribution in [1.82, 2.24) is 0 Å². The van der Waals surface area contributed by atoms with Gasteiger partial charge in [-0.15, -0.1) is 0 Å². The van der Waals surface area contributed by atoms with E-state index < -0.39 is 14.9 Å². The number of unbranched alkanes of at least 4 members (excludes halogenated alkanes) is 2. The summed E-state index contributed by atoms with van der Waals surface area (Å²) in [5.74, 6) is 0. The molecule has 0 unspecified atom stereocenters. The number of rotatable bonds is 10. The molecule has 0 aliphatic carbocycles. The topological polar surface area (TPSA) is 54.4 Å². The highest BCUT2D eigenvalue weighted by Gasteiger charge is 2.48. The highest BCUT2D eigenvalue weighted by atomic mass is 32.2. The third-order valence-electron chi connectivity index (χ3n) is 5.93. The van der Waals surface area contributed by atoms with Crippen LogP contribution in [0.3, 0.4) is 0 Å². The zero-order valence-corrected chi connectivity index (χ0v) is 19.2. The molecule has 0 saturated carbocycles. The first-order chi connectivity index (χ1) is 14.9. The molecule has 0 atom stereocenters. The van der Waals surface area contributed by atoms with E-state index >= 15 is 0 Å². The summed E-state index contributed by atoms with van der Waals surface area (Å²) in [7, 11) is -4.55. The zero-order chi connectivity index (χ0) is 22.3. The fraction of sp³-hybridized carbons (Fsp3) is 0.333. The fourth-order valence-corrected chi connectivity index (χ4v) is 5.50. The predicted octanol–water partition coefficient (Wildman–Crippen LogP) is 6.55. The maximum Gasteiger partial charge on any atom is 0.283 e. The van der Waals surface area contributed by atoms with Crippen molar-refractivity contribution in [1.29, 1.82) is 0 Å². The summed E-state index contributed by atoms with van der Waals surface area (Å²) in [6.07, 6.45) is 6.28. The van der Waals surface area contributed by atoms with Crippen LogP contribution >= 0.6 is 0 Å². The van der Waals surface area contributed by atoms with Gasteiger partial charge in [0, 0.05) is 0 Å². The molecule has 0 fully saturated rings. The first kappa shape index (κ1) is 23.2. The largest absolute Gasteiger partial charge is 0.284 e. The Balaban J connectivity index is 2.20. The van der Waals surface area contributed by atoms with E-state index in [1.807, 2.05) is 54.6 Å². The average Bonchev–Trinajstić information content (AvgIpc) is 2.78. The molecule has 0 bridgehead atoms. The van der Waals surface area contributed by atoms with Gasteiger partial charge in [-0.05, 0) is 53.5 Å². The van der Waals surface area contributed by atoms with Crippen molar-refractivity contribution in [3.63, 3.8) is 0 Å². The van der Waals surface area contributed by atoms with Crippen molar-refractivity contribution in [3.05, 3.63) is 107 Å². The number of hydrogen-bond acceptors (Lipinski definition) is 2. The van der Waals surface area contributed by atoms with E-state index in [2.05, 4.69) is 13.8 Å². The standard InChI is InChI=1S/C27H32O3S/c1-3-5-10-22-14-18-25(19-15-22)27(31(28,29)30,24-12-8-7-9-13-24)26-20-16-23(17-21-26)11-6-4-2/h7-9,12-21H,3-6,10-11H2,1-2H3,(H,28,29,30). The molecule has 3 nitrogen and oxygen atoms in total. The van der Waals surface area contributed by atoms with Crippen LogP contribution < -0.4 is 0 Å². The first-order valence-electron chi connectivity index (χ1n) is 11.1. The molecule has 4 heteroatoms. The summed E-state index contributed by atoms with van der Waals surface area (Å²) in [5.41, 5.74) is 3.95. The van der Waals surface area contributed by atoms with E-state index in [-0.39, 0.29) is 0 Å². The van der Waals surface area contributed by atoms with Crippen LogP contribution in [-0.4, -0.2) is 13.0 Å². The predicted molar refractivity (Wildman–Crippen MR) is 128 cm³/mol. The second-order valence-corrected chi connectivity index (χ2v) is 9.69. The van der Waals surface area contributed by atoms with Crippen LogP contribution in [0.15, 0.2) is 78.9 Å². The molecule has 0 saturated heterocycles. The van der Waals surface area contributed by atoms with Gasteiger partial charge in [0.1, 0.15) is 0 Å². The third kappa shape index (κ3) is 4.91. The second-order valence-electron chi connectivity index (χ2n) is 8.12. The maximum atomic E-state index is 13.1.